The van der Waals surface area contributed by atoms with Gasteiger partial charge in [0.2, 0.25) is 0 Å². The number of nitrogens with zero attached hydrogens (tertiary/aromatic N) is 1. The lowest BCUT2D eigenvalue weighted by Crippen LogP contribution is -2.37. The molecule has 1 atom stereocenters. The molecule has 2 rings (SSSR count). The monoisotopic (exact) mass is 286 g/mol. The zero-order chi connectivity index (χ0) is 13.0. The average Bonchev–Trinajstić information content (AvgIpc) is 2.83. The quantitative estimate of drug-likeness (QED) is 0.890. The van der Waals surface area contributed by atoms with Crippen LogP contribution in [-0.2, 0) is 6.54 Å². The summed E-state index contributed by atoms with van der Waals surface area (Å²) in [6.45, 7) is 6.58. The van der Waals surface area contributed by atoms with E-state index in [0.717, 1.165) is 28.7 Å². The fourth-order valence-electron chi connectivity index (χ4n) is 2.38. The molecule has 1 saturated heterocycles. The van der Waals surface area contributed by atoms with Crippen molar-refractivity contribution in [3.8, 4) is 0 Å². The zero-order valence-corrected chi connectivity index (χ0v) is 12.3. The van der Waals surface area contributed by atoms with Gasteiger partial charge in [0.1, 0.15) is 0 Å². The second-order valence-corrected chi connectivity index (χ2v) is 5.87. The third-order valence-corrected chi connectivity index (χ3v) is 3.98. The summed E-state index contributed by atoms with van der Waals surface area (Å²) in [5.41, 5.74) is 1.07. The second-order valence-electron chi connectivity index (χ2n) is 5.03. The third kappa shape index (κ3) is 4.13. The molecule has 100 valence electrons. The lowest BCUT2D eigenvalue weighted by molar-refractivity contribution is 0.298. The molecule has 0 radical (unpaired) electrons. The Kier molecular flexibility index (Phi) is 5.31. The second kappa shape index (κ2) is 6.76. The molecule has 1 fully saturated rings. The summed E-state index contributed by atoms with van der Waals surface area (Å²) in [4.78, 5) is 2.51. The van der Waals surface area contributed by atoms with Gasteiger partial charge >= 0.3 is 0 Å². The highest BCUT2D eigenvalue weighted by atomic mass is 35.5. The number of nitrogens with one attached hydrogen (secondary N) is 1. The van der Waals surface area contributed by atoms with Gasteiger partial charge in [-0.1, -0.05) is 23.2 Å². The van der Waals surface area contributed by atoms with Crippen LogP contribution in [0.15, 0.2) is 18.2 Å². The van der Waals surface area contributed by atoms with Gasteiger partial charge in [-0.05, 0) is 56.6 Å². The van der Waals surface area contributed by atoms with E-state index in [1.54, 1.807) is 0 Å². The number of hydrogen-bond donors (Lipinski definition) is 1. The molecule has 0 amide bonds. The summed E-state index contributed by atoms with van der Waals surface area (Å²) in [7, 11) is 0. The Balaban J connectivity index is 1.81. The molecule has 1 heterocycles. The Morgan fingerprint density at radius 1 is 1.28 bits per heavy atom. The molecule has 0 bridgehead atoms. The molecule has 1 N–H and O–H groups in total. The molecule has 2 nitrogen and oxygen atoms in total. The van der Waals surface area contributed by atoms with Gasteiger partial charge in [-0.2, -0.15) is 0 Å². The van der Waals surface area contributed by atoms with Crippen LogP contribution in [0.4, 0.5) is 0 Å². The first-order valence-electron chi connectivity index (χ1n) is 6.55. The largest absolute Gasteiger partial charge is 0.309 e. The highest BCUT2D eigenvalue weighted by molar-refractivity contribution is 6.33. The summed E-state index contributed by atoms with van der Waals surface area (Å²) in [5, 5.41) is 5.03. The van der Waals surface area contributed by atoms with Crippen LogP contribution in [0.1, 0.15) is 25.3 Å². The number of rotatable bonds is 5. The van der Waals surface area contributed by atoms with E-state index < -0.39 is 0 Å². The number of benzene rings is 1. The molecule has 1 unspecified atom stereocenters. The van der Waals surface area contributed by atoms with E-state index >= 15 is 0 Å². The van der Waals surface area contributed by atoms with E-state index in [1.165, 1.54) is 25.9 Å². The summed E-state index contributed by atoms with van der Waals surface area (Å²) in [6, 6.07) is 6.07. The van der Waals surface area contributed by atoms with E-state index in [1.807, 2.05) is 18.2 Å². The van der Waals surface area contributed by atoms with Crippen molar-refractivity contribution in [2.24, 2.45) is 0 Å². The van der Waals surface area contributed by atoms with Gasteiger partial charge in [-0.3, -0.25) is 0 Å². The maximum absolute atomic E-state index is 6.14. The zero-order valence-electron chi connectivity index (χ0n) is 10.8. The van der Waals surface area contributed by atoms with Crippen molar-refractivity contribution in [2.45, 2.75) is 32.4 Å². The first-order valence-corrected chi connectivity index (χ1v) is 7.30. The van der Waals surface area contributed by atoms with Crippen molar-refractivity contribution in [3.63, 3.8) is 0 Å². The normalized spacial score (nSPS) is 18.2. The minimum Gasteiger partial charge on any atom is -0.309 e. The summed E-state index contributed by atoms with van der Waals surface area (Å²) >= 11 is 12.1. The molecule has 1 aromatic rings. The summed E-state index contributed by atoms with van der Waals surface area (Å²) in [5.74, 6) is 0. The third-order valence-electron chi connectivity index (χ3n) is 3.38. The minimum absolute atomic E-state index is 0.471. The van der Waals surface area contributed by atoms with Crippen molar-refractivity contribution in [2.75, 3.05) is 19.6 Å². The molecular formula is C14H20Cl2N2. The first-order chi connectivity index (χ1) is 8.65. The van der Waals surface area contributed by atoms with Gasteiger partial charge in [0.25, 0.3) is 0 Å². The van der Waals surface area contributed by atoms with Crippen LogP contribution in [0.5, 0.6) is 0 Å². The fraction of sp³-hybridized carbons (Fsp3) is 0.571. The van der Waals surface area contributed by atoms with Crippen LogP contribution >= 0.6 is 23.2 Å². The topological polar surface area (TPSA) is 15.3 Å². The first kappa shape index (κ1) is 14.1. The van der Waals surface area contributed by atoms with E-state index in [0.29, 0.717) is 6.04 Å². The van der Waals surface area contributed by atoms with Gasteiger partial charge in [0.15, 0.2) is 0 Å². The van der Waals surface area contributed by atoms with Crippen LogP contribution in [0, 0.1) is 0 Å². The predicted octanol–water partition coefficient (Wildman–Crippen LogP) is 3.57. The standard InChI is InChI=1S/C14H20Cl2N2/c1-11(10-18-6-2-3-7-18)17-9-12-8-13(15)4-5-14(12)16/h4-5,8,11,17H,2-3,6-7,9-10H2,1H3. The van der Waals surface area contributed by atoms with Crippen LogP contribution < -0.4 is 5.32 Å². The van der Waals surface area contributed by atoms with E-state index in [2.05, 4.69) is 17.1 Å². The van der Waals surface area contributed by atoms with E-state index in [-0.39, 0.29) is 0 Å². The van der Waals surface area contributed by atoms with Crippen LogP contribution in [0.2, 0.25) is 10.0 Å². The maximum atomic E-state index is 6.14. The van der Waals surface area contributed by atoms with Gasteiger partial charge in [-0.25, -0.2) is 0 Å². The Morgan fingerprint density at radius 2 is 2.00 bits per heavy atom. The van der Waals surface area contributed by atoms with Gasteiger partial charge in [0.05, 0.1) is 0 Å². The van der Waals surface area contributed by atoms with Gasteiger partial charge in [0, 0.05) is 29.2 Å². The smallest absolute Gasteiger partial charge is 0.0451 e. The van der Waals surface area contributed by atoms with Crippen LogP contribution in [0.3, 0.4) is 0 Å². The Labute approximate surface area is 119 Å². The van der Waals surface area contributed by atoms with Crippen molar-refractivity contribution in [1.29, 1.82) is 0 Å². The minimum atomic E-state index is 0.471. The summed E-state index contributed by atoms with van der Waals surface area (Å²) < 4.78 is 0. The molecule has 0 saturated carbocycles. The summed E-state index contributed by atoms with van der Waals surface area (Å²) in [6.07, 6.45) is 2.68. The SMILES string of the molecule is CC(CN1CCCC1)NCc1cc(Cl)ccc1Cl. The Bertz CT molecular complexity index is 389. The molecule has 1 aliphatic rings. The van der Waals surface area contributed by atoms with Crippen LogP contribution in [0.25, 0.3) is 0 Å². The highest BCUT2D eigenvalue weighted by Gasteiger charge is 2.14. The number of likely N-dealkylation sites (tertiary alicyclic amines) is 1. The Morgan fingerprint density at radius 3 is 2.72 bits per heavy atom. The maximum Gasteiger partial charge on any atom is 0.0451 e. The van der Waals surface area contributed by atoms with Gasteiger partial charge in [-0.15, -0.1) is 0 Å². The number of halogens is 2. The molecule has 1 aliphatic heterocycles. The average molecular weight is 287 g/mol. The van der Waals surface area contributed by atoms with Crippen molar-refractivity contribution in [1.82, 2.24) is 10.2 Å². The predicted molar refractivity (Wildman–Crippen MR) is 78.4 cm³/mol. The lowest BCUT2D eigenvalue weighted by Gasteiger charge is -2.21. The lowest BCUT2D eigenvalue weighted by atomic mass is 10.2. The molecule has 0 aliphatic carbocycles. The van der Waals surface area contributed by atoms with Crippen molar-refractivity contribution in [3.05, 3.63) is 33.8 Å². The fourth-order valence-corrected chi connectivity index (χ4v) is 2.76. The Hall–Kier alpha value is -0.280. The number of hydrogen-bond acceptors (Lipinski definition) is 2. The van der Waals surface area contributed by atoms with Crippen molar-refractivity contribution < 1.29 is 0 Å². The molecule has 4 heteroatoms. The molecule has 0 spiro atoms. The highest BCUT2D eigenvalue weighted by Crippen LogP contribution is 2.20. The molecule has 1 aromatic carbocycles. The van der Waals surface area contributed by atoms with E-state index in [4.69, 9.17) is 23.2 Å². The van der Waals surface area contributed by atoms with E-state index in [9.17, 15) is 0 Å². The van der Waals surface area contributed by atoms with Crippen LogP contribution in [-0.4, -0.2) is 30.6 Å². The molecular weight excluding hydrogens is 267 g/mol. The van der Waals surface area contributed by atoms with Crippen molar-refractivity contribution >= 4 is 23.2 Å². The van der Waals surface area contributed by atoms with Gasteiger partial charge < -0.3 is 10.2 Å². The molecule has 0 aromatic heterocycles. The molecule has 18 heavy (non-hydrogen) atoms.